The third kappa shape index (κ3) is 5.87. The molecule has 1 amide bonds. The molecule has 218 valence electrons. The summed E-state index contributed by atoms with van der Waals surface area (Å²) < 4.78 is 35.0. The molecule has 5 rings (SSSR count). The van der Waals surface area contributed by atoms with Crippen molar-refractivity contribution in [3.05, 3.63) is 101 Å². The van der Waals surface area contributed by atoms with Crippen LogP contribution in [0.2, 0.25) is 0 Å². The molecule has 3 aromatic carbocycles. The van der Waals surface area contributed by atoms with Crippen LogP contribution in [0.25, 0.3) is 11.3 Å². The van der Waals surface area contributed by atoms with E-state index in [-0.39, 0.29) is 33.6 Å². The van der Waals surface area contributed by atoms with Gasteiger partial charge in [0.05, 0.1) is 10.6 Å². The molecule has 9 heteroatoms. The van der Waals surface area contributed by atoms with E-state index in [1.54, 1.807) is 18.2 Å². The summed E-state index contributed by atoms with van der Waals surface area (Å²) in [6.45, 7) is 10.8. The molecule has 0 radical (unpaired) electrons. The first-order valence-corrected chi connectivity index (χ1v) is 15.4. The topological polar surface area (TPSA) is 101 Å². The molecule has 1 aliphatic rings. The van der Waals surface area contributed by atoms with Gasteiger partial charge in [0.25, 0.3) is 15.9 Å². The molecule has 0 saturated heterocycles. The fourth-order valence-electron chi connectivity index (χ4n) is 5.08. The quantitative estimate of drug-likeness (QED) is 0.304. The summed E-state index contributed by atoms with van der Waals surface area (Å²) in [5, 5.41) is 2.92. The van der Waals surface area contributed by atoms with Crippen LogP contribution in [0.15, 0.2) is 77.7 Å². The molecule has 0 fully saturated rings. The zero-order chi connectivity index (χ0) is 30.2. The summed E-state index contributed by atoms with van der Waals surface area (Å²) in [6.07, 6.45) is -0.00367. The number of hydrogen-bond acceptors (Lipinski definition) is 6. The zero-order valence-corrected chi connectivity index (χ0v) is 25.6. The minimum absolute atomic E-state index is 0.0108. The van der Waals surface area contributed by atoms with Gasteiger partial charge in [0.15, 0.2) is 0 Å². The number of aryl methyl sites for hydroxylation is 2. The van der Waals surface area contributed by atoms with Gasteiger partial charge < -0.3 is 10.1 Å². The van der Waals surface area contributed by atoms with Crippen LogP contribution < -0.4 is 14.4 Å². The van der Waals surface area contributed by atoms with Crippen molar-refractivity contribution in [2.45, 2.75) is 57.5 Å². The van der Waals surface area contributed by atoms with Gasteiger partial charge in [0.1, 0.15) is 6.10 Å². The Hall–Kier alpha value is -4.24. The Kier molecular flexibility index (Phi) is 7.81. The van der Waals surface area contributed by atoms with Gasteiger partial charge in [0.2, 0.25) is 11.8 Å². The van der Waals surface area contributed by atoms with Crippen molar-refractivity contribution in [2.75, 3.05) is 17.9 Å². The lowest BCUT2D eigenvalue weighted by atomic mass is 9.86. The highest BCUT2D eigenvalue weighted by Crippen LogP contribution is 2.34. The second-order valence-electron chi connectivity index (χ2n) is 11.7. The molecule has 1 unspecified atom stereocenters. The van der Waals surface area contributed by atoms with E-state index in [1.807, 2.05) is 44.2 Å². The normalized spacial score (nSPS) is 17.1. The maximum absolute atomic E-state index is 13.7. The molecule has 1 aliphatic heterocycles. The molecule has 4 bridgehead atoms. The van der Waals surface area contributed by atoms with Crippen molar-refractivity contribution in [1.82, 2.24) is 15.3 Å². The summed E-state index contributed by atoms with van der Waals surface area (Å²) in [7, 11) is -2.69. The lowest BCUT2D eigenvalue weighted by Crippen LogP contribution is -2.30. The molecule has 42 heavy (non-hydrogen) atoms. The van der Waals surface area contributed by atoms with E-state index in [9.17, 15) is 13.2 Å². The fourth-order valence-corrected chi connectivity index (χ4v) is 6.22. The monoisotopic (exact) mass is 584 g/mol. The SMILES string of the molecule is Cc1cccc(C)c1-c1cc2nc(n1)N(C)S(=O)(=O)c1cccc(c1)C(=O)NCCC(c1ccc(C(C)(C)C)cc1)O2. The Morgan fingerprint density at radius 2 is 1.60 bits per heavy atom. The van der Waals surface area contributed by atoms with E-state index in [2.05, 4.69) is 43.2 Å². The molecule has 0 aliphatic carbocycles. The minimum Gasteiger partial charge on any atom is -0.469 e. The fraction of sp³-hybridized carbons (Fsp3) is 0.303. The summed E-state index contributed by atoms with van der Waals surface area (Å²) in [6, 6.07) is 21.9. The summed E-state index contributed by atoms with van der Waals surface area (Å²) in [4.78, 5) is 22.3. The average Bonchev–Trinajstić information content (AvgIpc) is 2.95. The van der Waals surface area contributed by atoms with Gasteiger partial charge in [-0.25, -0.2) is 17.7 Å². The van der Waals surface area contributed by atoms with Crippen LogP contribution in [-0.4, -0.2) is 37.9 Å². The third-order valence-electron chi connectivity index (χ3n) is 7.57. The largest absolute Gasteiger partial charge is 0.469 e. The molecule has 2 heterocycles. The first-order chi connectivity index (χ1) is 19.8. The van der Waals surface area contributed by atoms with Crippen LogP contribution >= 0.6 is 0 Å². The Balaban J connectivity index is 1.68. The van der Waals surface area contributed by atoms with E-state index in [0.717, 1.165) is 26.6 Å². The zero-order valence-electron chi connectivity index (χ0n) is 24.8. The van der Waals surface area contributed by atoms with Crippen molar-refractivity contribution in [3.63, 3.8) is 0 Å². The second kappa shape index (κ2) is 11.2. The molecule has 0 spiro atoms. The van der Waals surface area contributed by atoms with E-state index in [0.29, 0.717) is 18.7 Å². The number of benzene rings is 3. The highest BCUT2D eigenvalue weighted by atomic mass is 32.2. The first-order valence-electron chi connectivity index (χ1n) is 13.9. The number of nitrogens with one attached hydrogen (secondary N) is 1. The lowest BCUT2D eigenvalue weighted by molar-refractivity contribution is 0.0945. The highest BCUT2D eigenvalue weighted by molar-refractivity contribution is 7.92. The number of hydrogen-bond donors (Lipinski definition) is 1. The number of sulfonamides is 1. The highest BCUT2D eigenvalue weighted by Gasteiger charge is 2.27. The van der Waals surface area contributed by atoms with Crippen LogP contribution in [0.3, 0.4) is 0 Å². The molecule has 8 nitrogen and oxygen atoms in total. The lowest BCUT2D eigenvalue weighted by Gasteiger charge is -2.24. The standard InChI is InChI=1S/C33H36N4O4S/c1-21-9-7-10-22(2)30(21)27-20-29-36-32(35-27)37(6)42(39,40)26-12-8-11-24(19-26)31(38)34-18-17-28(41-29)23-13-15-25(16-14-23)33(3,4)5/h7-16,19-20,28H,17-18H2,1-6H3,(H,34,38). The van der Waals surface area contributed by atoms with E-state index < -0.39 is 16.1 Å². The number of fused-ring (bicyclic) bond motifs is 4. The van der Waals surface area contributed by atoms with Crippen molar-refractivity contribution in [2.24, 2.45) is 0 Å². The number of carbonyl (C=O) groups excluding carboxylic acids is 1. The van der Waals surface area contributed by atoms with Gasteiger partial charge in [-0.15, -0.1) is 0 Å². The number of amides is 1. The maximum Gasteiger partial charge on any atom is 0.266 e. The molecule has 4 aromatic rings. The predicted octanol–water partition coefficient (Wildman–Crippen LogP) is 6.14. The van der Waals surface area contributed by atoms with Crippen molar-refractivity contribution in [1.29, 1.82) is 0 Å². The van der Waals surface area contributed by atoms with Crippen LogP contribution in [0, 0.1) is 13.8 Å². The van der Waals surface area contributed by atoms with Gasteiger partial charge in [-0.3, -0.25) is 4.79 Å². The third-order valence-corrected chi connectivity index (χ3v) is 9.30. The summed E-state index contributed by atoms with van der Waals surface area (Å²) in [5.74, 6) is -0.152. The first kappa shape index (κ1) is 29.3. The Labute approximate surface area is 247 Å². The number of rotatable bonds is 2. The van der Waals surface area contributed by atoms with Gasteiger partial charge in [-0.05, 0) is 59.7 Å². The molecule has 1 atom stereocenters. The molecule has 1 aromatic heterocycles. The Morgan fingerprint density at radius 3 is 2.26 bits per heavy atom. The van der Waals surface area contributed by atoms with E-state index >= 15 is 0 Å². The number of nitrogens with zero attached hydrogens (tertiary/aromatic N) is 3. The number of anilines is 1. The molecular weight excluding hydrogens is 548 g/mol. The van der Waals surface area contributed by atoms with Crippen molar-refractivity contribution in [3.8, 4) is 17.1 Å². The van der Waals surface area contributed by atoms with Gasteiger partial charge >= 0.3 is 0 Å². The number of ether oxygens (including phenoxy) is 1. The van der Waals surface area contributed by atoms with Crippen LogP contribution in [0.1, 0.15) is 65.9 Å². The van der Waals surface area contributed by atoms with Gasteiger partial charge in [0, 0.05) is 37.2 Å². The van der Waals surface area contributed by atoms with Crippen molar-refractivity contribution >= 4 is 21.9 Å². The van der Waals surface area contributed by atoms with Gasteiger partial charge in [-0.1, -0.05) is 69.3 Å². The van der Waals surface area contributed by atoms with E-state index in [4.69, 9.17) is 9.72 Å². The number of aromatic nitrogens is 2. The van der Waals surface area contributed by atoms with Crippen LogP contribution in [-0.2, 0) is 15.4 Å². The van der Waals surface area contributed by atoms with Crippen LogP contribution in [0.5, 0.6) is 5.88 Å². The predicted molar refractivity (Wildman–Crippen MR) is 164 cm³/mol. The molecule has 0 saturated carbocycles. The average molecular weight is 585 g/mol. The van der Waals surface area contributed by atoms with Gasteiger partial charge in [-0.2, -0.15) is 4.98 Å². The number of carbonyl (C=O) groups is 1. The summed E-state index contributed by atoms with van der Waals surface area (Å²) >= 11 is 0. The Morgan fingerprint density at radius 1 is 0.929 bits per heavy atom. The smallest absolute Gasteiger partial charge is 0.266 e. The summed E-state index contributed by atoms with van der Waals surface area (Å²) in [5.41, 5.74) is 5.78. The minimum atomic E-state index is -4.10. The maximum atomic E-state index is 13.7. The Bertz CT molecular complexity index is 1720. The van der Waals surface area contributed by atoms with Crippen LogP contribution in [0.4, 0.5) is 5.95 Å². The second-order valence-corrected chi connectivity index (χ2v) is 13.7. The molecule has 1 N–H and O–H groups in total. The van der Waals surface area contributed by atoms with Crippen molar-refractivity contribution < 1.29 is 17.9 Å². The molecular formula is C33H36N4O4S. The van der Waals surface area contributed by atoms with E-state index in [1.165, 1.54) is 24.7 Å².